The molecule has 1 aliphatic heterocycles. The molecule has 1 saturated carbocycles. The summed E-state index contributed by atoms with van der Waals surface area (Å²) in [6.45, 7) is 3.81. The molecule has 0 aromatic rings. The third-order valence-electron chi connectivity index (χ3n) is 4.14. The van der Waals surface area contributed by atoms with Gasteiger partial charge in [-0.2, -0.15) is 0 Å². The summed E-state index contributed by atoms with van der Waals surface area (Å²) in [5.74, 6) is 0.880. The van der Waals surface area contributed by atoms with Gasteiger partial charge >= 0.3 is 0 Å². The van der Waals surface area contributed by atoms with Crippen LogP contribution < -0.4 is 11.1 Å². The zero-order valence-corrected chi connectivity index (χ0v) is 11.4. The molecule has 0 aromatic heterocycles. The fourth-order valence-corrected chi connectivity index (χ4v) is 3.24. The van der Waals surface area contributed by atoms with E-state index in [0.717, 1.165) is 51.7 Å². The minimum atomic E-state index is 0.119. The van der Waals surface area contributed by atoms with E-state index in [1.165, 1.54) is 0 Å². The Morgan fingerprint density at radius 2 is 2.22 bits per heavy atom. The van der Waals surface area contributed by atoms with Crippen LogP contribution in [0.3, 0.4) is 0 Å². The van der Waals surface area contributed by atoms with Crippen LogP contribution in [0.2, 0.25) is 0 Å². The maximum absolute atomic E-state index is 12.1. The summed E-state index contributed by atoms with van der Waals surface area (Å²) < 4.78 is 5.54. The topological polar surface area (TPSA) is 64.4 Å². The quantitative estimate of drug-likeness (QED) is 0.798. The summed E-state index contributed by atoms with van der Waals surface area (Å²) in [4.78, 5) is 12.1. The average Bonchev–Trinajstić information content (AvgIpc) is 2.80. The van der Waals surface area contributed by atoms with E-state index in [9.17, 15) is 4.79 Å². The molecular weight excluding hydrogens is 228 g/mol. The highest BCUT2D eigenvalue weighted by molar-refractivity contribution is 5.78. The first-order chi connectivity index (χ1) is 8.65. The van der Waals surface area contributed by atoms with Crippen LogP contribution >= 0.6 is 0 Å². The van der Waals surface area contributed by atoms with Crippen LogP contribution in [-0.2, 0) is 9.53 Å². The Morgan fingerprint density at radius 3 is 2.89 bits per heavy atom. The van der Waals surface area contributed by atoms with E-state index in [2.05, 4.69) is 12.2 Å². The Bertz CT molecular complexity index is 267. The van der Waals surface area contributed by atoms with Gasteiger partial charge in [-0.15, -0.1) is 0 Å². The molecule has 1 saturated heterocycles. The van der Waals surface area contributed by atoms with Crippen LogP contribution in [0.25, 0.3) is 0 Å². The number of nitrogens with one attached hydrogen (secondary N) is 1. The molecule has 4 atom stereocenters. The van der Waals surface area contributed by atoms with E-state index in [1.807, 2.05) is 0 Å². The Hall–Kier alpha value is -0.610. The van der Waals surface area contributed by atoms with Crippen molar-refractivity contribution in [1.82, 2.24) is 5.32 Å². The number of amides is 1. The smallest absolute Gasteiger partial charge is 0.223 e. The Labute approximate surface area is 110 Å². The Balaban J connectivity index is 1.67. The fourth-order valence-electron chi connectivity index (χ4n) is 3.24. The monoisotopic (exact) mass is 254 g/mol. The Kier molecular flexibility index (Phi) is 5.01. The minimum Gasteiger partial charge on any atom is -0.378 e. The molecule has 0 radical (unpaired) electrons. The van der Waals surface area contributed by atoms with Crippen LogP contribution in [0.5, 0.6) is 0 Å². The molecule has 1 amide bonds. The van der Waals surface area contributed by atoms with Crippen molar-refractivity contribution in [3.05, 3.63) is 0 Å². The first-order valence-corrected chi connectivity index (χ1v) is 7.30. The highest BCUT2D eigenvalue weighted by Gasteiger charge is 2.29. The number of nitrogens with two attached hydrogens (primary N) is 1. The van der Waals surface area contributed by atoms with Gasteiger partial charge in [0.1, 0.15) is 0 Å². The zero-order chi connectivity index (χ0) is 13.0. The van der Waals surface area contributed by atoms with Crippen molar-refractivity contribution >= 4 is 5.91 Å². The van der Waals surface area contributed by atoms with Gasteiger partial charge in [0, 0.05) is 25.1 Å². The minimum absolute atomic E-state index is 0.119. The van der Waals surface area contributed by atoms with E-state index in [4.69, 9.17) is 10.5 Å². The largest absolute Gasteiger partial charge is 0.378 e. The molecule has 104 valence electrons. The summed E-state index contributed by atoms with van der Waals surface area (Å²) in [6.07, 6.45) is 6.49. The zero-order valence-electron chi connectivity index (χ0n) is 11.4. The highest BCUT2D eigenvalue weighted by Crippen LogP contribution is 2.28. The van der Waals surface area contributed by atoms with Gasteiger partial charge in [-0.1, -0.05) is 6.92 Å². The molecule has 0 aromatic carbocycles. The summed E-state index contributed by atoms with van der Waals surface area (Å²) in [6, 6.07) is 0.197. The van der Waals surface area contributed by atoms with Crippen molar-refractivity contribution in [3.63, 3.8) is 0 Å². The van der Waals surface area contributed by atoms with E-state index in [0.29, 0.717) is 12.0 Å². The van der Waals surface area contributed by atoms with Gasteiger partial charge in [0.05, 0.1) is 6.10 Å². The number of hydrogen-bond acceptors (Lipinski definition) is 3. The van der Waals surface area contributed by atoms with Crippen molar-refractivity contribution in [2.45, 2.75) is 57.6 Å². The van der Waals surface area contributed by atoms with Gasteiger partial charge in [-0.3, -0.25) is 4.79 Å². The maximum atomic E-state index is 12.1. The Morgan fingerprint density at radius 1 is 1.39 bits per heavy atom. The summed E-state index contributed by atoms with van der Waals surface area (Å²) in [5.41, 5.74) is 5.98. The molecule has 18 heavy (non-hydrogen) atoms. The second-order valence-electron chi connectivity index (χ2n) is 5.98. The average molecular weight is 254 g/mol. The lowest BCUT2D eigenvalue weighted by molar-refractivity contribution is -0.126. The van der Waals surface area contributed by atoms with Gasteiger partial charge in [0.2, 0.25) is 5.91 Å². The first kappa shape index (κ1) is 13.8. The van der Waals surface area contributed by atoms with E-state index in [-0.39, 0.29) is 17.9 Å². The van der Waals surface area contributed by atoms with Crippen molar-refractivity contribution in [2.75, 3.05) is 13.2 Å². The molecule has 4 unspecified atom stereocenters. The van der Waals surface area contributed by atoms with E-state index >= 15 is 0 Å². The predicted molar refractivity (Wildman–Crippen MR) is 71.1 cm³/mol. The first-order valence-electron chi connectivity index (χ1n) is 7.30. The van der Waals surface area contributed by atoms with Gasteiger partial charge in [0.15, 0.2) is 0 Å². The van der Waals surface area contributed by atoms with Gasteiger partial charge in [0.25, 0.3) is 0 Å². The van der Waals surface area contributed by atoms with Crippen molar-refractivity contribution < 1.29 is 9.53 Å². The van der Waals surface area contributed by atoms with Crippen molar-refractivity contribution in [1.29, 1.82) is 0 Å². The molecule has 1 heterocycles. The molecular formula is C14H26N2O2. The standard InChI is InChI=1S/C14H26N2O2/c1-10-7-11(9-12(15)8-10)14(17)16-5-4-13-3-2-6-18-13/h10-13H,2-9,15H2,1H3,(H,16,17). The van der Waals surface area contributed by atoms with Crippen molar-refractivity contribution in [3.8, 4) is 0 Å². The molecule has 0 spiro atoms. The van der Waals surface area contributed by atoms with Crippen LogP contribution in [0, 0.1) is 11.8 Å². The number of rotatable bonds is 4. The van der Waals surface area contributed by atoms with Gasteiger partial charge in [-0.25, -0.2) is 0 Å². The van der Waals surface area contributed by atoms with Gasteiger partial charge in [-0.05, 0) is 44.4 Å². The maximum Gasteiger partial charge on any atom is 0.223 e. The lowest BCUT2D eigenvalue weighted by atomic mass is 9.79. The highest BCUT2D eigenvalue weighted by atomic mass is 16.5. The second-order valence-corrected chi connectivity index (χ2v) is 5.98. The molecule has 3 N–H and O–H groups in total. The third kappa shape index (κ3) is 3.95. The molecule has 4 heteroatoms. The third-order valence-corrected chi connectivity index (χ3v) is 4.14. The number of ether oxygens (including phenoxy) is 1. The lowest BCUT2D eigenvalue weighted by Gasteiger charge is -2.30. The van der Waals surface area contributed by atoms with Gasteiger partial charge < -0.3 is 15.8 Å². The fraction of sp³-hybridized carbons (Fsp3) is 0.929. The molecule has 2 fully saturated rings. The van der Waals surface area contributed by atoms with Crippen LogP contribution in [0.4, 0.5) is 0 Å². The summed E-state index contributed by atoms with van der Waals surface area (Å²) in [5, 5.41) is 3.05. The van der Waals surface area contributed by atoms with Crippen molar-refractivity contribution in [2.24, 2.45) is 17.6 Å². The van der Waals surface area contributed by atoms with Crippen LogP contribution in [0.1, 0.15) is 45.4 Å². The second kappa shape index (κ2) is 6.53. The molecule has 0 bridgehead atoms. The summed E-state index contributed by atoms with van der Waals surface area (Å²) >= 11 is 0. The molecule has 4 nitrogen and oxygen atoms in total. The number of carbonyl (C=O) groups is 1. The van der Waals surface area contributed by atoms with Crippen LogP contribution in [0.15, 0.2) is 0 Å². The summed E-state index contributed by atoms with van der Waals surface area (Å²) in [7, 11) is 0. The molecule has 2 rings (SSSR count). The normalized spacial score (nSPS) is 36.6. The van der Waals surface area contributed by atoms with Crippen LogP contribution in [-0.4, -0.2) is 31.2 Å². The SMILES string of the molecule is CC1CC(N)CC(C(=O)NCCC2CCCO2)C1. The molecule has 2 aliphatic rings. The van der Waals surface area contributed by atoms with E-state index in [1.54, 1.807) is 0 Å². The lowest BCUT2D eigenvalue weighted by Crippen LogP contribution is -2.40. The van der Waals surface area contributed by atoms with E-state index < -0.39 is 0 Å². The number of carbonyl (C=O) groups excluding carboxylic acids is 1. The number of hydrogen-bond donors (Lipinski definition) is 2. The predicted octanol–water partition coefficient (Wildman–Crippen LogP) is 1.44. The molecule has 1 aliphatic carbocycles.